The number of hydrogen-bond acceptors (Lipinski definition) is 5. The summed E-state index contributed by atoms with van der Waals surface area (Å²) < 4.78 is 2.03. The minimum Gasteiger partial charge on any atom is -0.508 e. The third kappa shape index (κ3) is 5.81. The first-order chi connectivity index (χ1) is 16.3. The zero-order valence-corrected chi connectivity index (χ0v) is 21.0. The molecule has 4 N–H and O–H groups in total. The van der Waals surface area contributed by atoms with E-state index in [1.54, 1.807) is 0 Å². The summed E-state index contributed by atoms with van der Waals surface area (Å²) in [7, 11) is 0. The fourth-order valence-corrected chi connectivity index (χ4v) is 4.33. The van der Waals surface area contributed by atoms with Gasteiger partial charge in [0.1, 0.15) is 17.7 Å². The van der Waals surface area contributed by atoms with Crippen LogP contribution in [0, 0.1) is 0 Å². The van der Waals surface area contributed by atoms with E-state index in [1.807, 2.05) is 43.5 Å². The normalized spacial score (nSPS) is 12.6. The van der Waals surface area contributed by atoms with Gasteiger partial charge in [-0.2, -0.15) is 0 Å². The number of rotatable bonds is 11. The van der Waals surface area contributed by atoms with Crippen molar-refractivity contribution in [3.8, 4) is 22.8 Å². The number of aliphatic hydroxyl groups excluding tert-OH is 1. The van der Waals surface area contributed by atoms with E-state index in [0.29, 0.717) is 18.7 Å². The second-order valence-corrected chi connectivity index (χ2v) is 9.05. The second kappa shape index (κ2) is 11.6. The highest BCUT2D eigenvalue weighted by molar-refractivity contribution is 5.71. The molecule has 6 heteroatoms. The van der Waals surface area contributed by atoms with Crippen LogP contribution in [0.3, 0.4) is 0 Å². The van der Waals surface area contributed by atoms with Crippen molar-refractivity contribution < 1.29 is 15.3 Å². The van der Waals surface area contributed by atoms with Crippen molar-refractivity contribution >= 4 is 0 Å². The van der Waals surface area contributed by atoms with Crippen molar-refractivity contribution in [2.75, 3.05) is 19.6 Å². The summed E-state index contributed by atoms with van der Waals surface area (Å²) in [4.78, 5) is 2.38. The van der Waals surface area contributed by atoms with Gasteiger partial charge in [-0.25, -0.2) is 0 Å². The molecule has 6 nitrogen and oxygen atoms in total. The Morgan fingerprint density at radius 3 is 2.12 bits per heavy atom. The van der Waals surface area contributed by atoms with Gasteiger partial charge in [0.25, 0.3) is 0 Å². The van der Waals surface area contributed by atoms with Crippen molar-refractivity contribution in [3.05, 3.63) is 70.9 Å². The van der Waals surface area contributed by atoms with Crippen molar-refractivity contribution in [1.82, 2.24) is 14.8 Å². The summed E-state index contributed by atoms with van der Waals surface area (Å²) in [6, 6.07) is 15.6. The molecule has 0 bridgehead atoms. The van der Waals surface area contributed by atoms with E-state index in [-0.39, 0.29) is 17.4 Å². The number of nitrogens with zero attached hydrogens (tertiary/aromatic N) is 2. The van der Waals surface area contributed by atoms with Gasteiger partial charge in [0.2, 0.25) is 0 Å². The van der Waals surface area contributed by atoms with Crippen LogP contribution in [-0.4, -0.2) is 44.4 Å². The molecule has 3 rings (SSSR count). The molecule has 0 aliphatic rings. The molecule has 1 atom stereocenters. The van der Waals surface area contributed by atoms with Crippen LogP contribution in [0.15, 0.2) is 48.5 Å². The van der Waals surface area contributed by atoms with Crippen LogP contribution in [0.4, 0.5) is 0 Å². The van der Waals surface area contributed by atoms with Gasteiger partial charge < -0.3 is 19.9 Å². The maximum Gasteiger partial charge on any atom is 0.146 e. The van der Waals surface area contributed by atoms with Gasteiger partial charge in [-0.05, 0) is 60.4 Å². The molecule has 0 aliphatic carbocycles. The average Bonchev–Trinajstić information content (AvgIpc) is 3.21. The molecule has 0 spiro atoms. The van der Waals surface area contributed by atoms with E-state index in [0.717, 1.165) is 42.1 Å². The van der Waals surface area contributed by atoms with Crippen molar-refractivity contribution in [1.29, 1.82) is 0 Å². The second-order valence-electron chi connectivity index (χ2n) is 9.05. The van der Waals surface area contributed by atoms with Crippen LogP contribution in [0.25, 0.3) is 11.3 Å². The van der Waals surface area contributed by atoms with Gasteiger partial charge in [-0.3, -0.25) is 10.2 Å². The van der Waals surface area contributed by atoms with Gasteiger partial charge in [-0.1, -0.05) is 58.9 Å². The molecular weight excluding hydrogens is 426 g/mol. The molecule has 0 radical (unpaired) electrons. The lowest BCUT2D eigenvalue weighted by atomic mass is 9.97. The maximum absolute atomic E-state index is 10.8. The summed E-state index contributed by atoms with van der Waals surface area (Å²) in [5, 5.41) is 34.8. The van der Waals surface area contributed by atoms with Gasteiger partial charge >= 0.3 is 0 Å². The summed E-state index contributed by atoms with van der Waals surface area (Å²) >= 11 is 0. The van der Waals surface area contributed by atoms with Gasteiger partial charge in [-0.15, -0.1) is 0 Å². The largest absolute Gasteiger partial charge is 0.508 e. The van der Waals surface area contributed by atoms with Gasteiger partial charge in [0.05, 0.1) is 11.4 Å². The van der Waals surface area contributed by atoms with E-state index in [1.165, 1.54) is 11.6 Å². The zero-order valence-electron chi connectivity index (χ0n) is 21.0. The molecule has 1 unspecified atom stereocenters. The Morgan fingerprint density at radius 1 is 0.882 bits per heavy atom. The molecule has 34 heavy (non-hydrogen) atoms. The van der Waals surface area contributed by atoms with Crippen LogP contribution in [0.2, 0.25) is 0 Å². The fraction of sp³-hybridized carbons (Fsp3) is 0.429. The maximum atomic E-state index is 10.8. The number of nitrogens with one attached hydrogen (secondary N) is 1. The number of aromatic hydroxyl groups is 2. The molecule has 0 saturated carbocycles. The number of phenols is 2. The summed E-state index contributed by atoms with van der Waals surface area (Å²) in [5.41, 5.74) is 5.30. The molecule has 0 aliphatic heterocycles. The monoisotopic (exact) mass is 465 g/mol. The standard InChI is InChI=1S/C28H39N3O3/c1-6-29-28(34)25-14-13-24(23-15-22(19(4)5)26(32)16-27(23)33)31(25)18-21-11-9-20(10-12-21)17-30(7-2)8-3/h9-16,19,28-29,32-34H,6-8,17-18H2,1-5H3. The molecular formula is C28H39N3O3. The van der Waals surface area contributed by atoms with E-state index < -0.39 is 6.23 Å². The highest BCUT2D eigenvalue weighted by Crippen LogP contribution is 2.39. The minimum absolute atomic E-state index is 0.0142. The fourth-order valence-electron chi connectivity index (χ4n) is 4.33. The molecule has 0 fully saturated rings. The van der Waals surface area contributed by atoms with Crippen LogP contribution < -0.4 is 5.32 Å². The summed E-state index contributed by atoms with van der Waals surface area (Å²) in [6.45, 7) is 14.4. The SMILES string of the molecule is CCNC(O)c1ccc(-c2cc(C(C)C)c(O)cc2O)n1Cc1ccc(CN(CC)CC)cc1. The lowest BCUT2D eigenvalue weighted by molar-refractivity contribution is 0.133. The van der Waals surface area contributed by atoms with E-state index in [2.05, 4.69) is 48.3 Å². The zero-order chi connectivity index (χ0) is 24.8. The molecule has 0 saturated heterocycles. The summed E-state index contributed by atoms with van der Waals surface area (Å²) in [5.74, 6) is 0.208. The Morgan fingerprint density at radius 2 is 1.53 bits per heavy atom. The number of hydrogen-bond donors (Lipinski definition) is 4. The topological polar surface area (TPSA) is 80.9 Å². The van der Waals surface area contributed by atoms with E-state index in [4.69, 9.17) is 0 Å². The quantitative estimate of drug-likeness (QED) is 0.293. The third-order valence-corrected chi connectivity index (χ3v) is 6.40. The molecule has 3 aromatic rings. The van der Waals surface area contributed by atoms with Crippen molar-refractivity contribution in [2.45, 2.75) is 59.9 Å². The van der Waals surface area contributed by atoms with Crippen LogP contribution in [-0.2, 0) is 13.1 Å². The molecule has 0 amide bonds. The van der Waals surface area contributed by atoms with Gasteiger partial charge in [0, 0.05) is 24.7 Å². The Balaban J connectivity index is 2.01. The number of aliphatic hydroxyl groups is 1. The predicted molar refractivity (Wildman–Crippen MR) is 138 cm³/mol. The minimum atomic E-state index is -0.829. The number of phenolic OH excluding ortho intramolecular Hbond substituents is 2. The van der Waals surface area contributed by atoms with E-state index >= 15 is 0 Å². The molecule has 1 aromatic heterocycles. The molecule has 2 aromatic carbocycles. The smallest absolute Gasteiger partial charge is 0.146 e. The first-order valence-corrected chi connectivity index (χ1v) is 12.3. The predicted octanol–water partition coefficient (Wildman–Crippen LogP) is 5.18. The highest BCUT2D eigenvalue weighted by Gasteiger charge is 2.20. The van der Waals surface area contributed by atoms with Gasteiger partial charge in [0.15, 0.2) is 0 Å². The number of aromatic nitrogens is 1. The Hall–Kier alpha value is -2.80. The average molecular weight is 466 g/mol. The van der Waals surface area contributed by atoms with Crippen LogP contribution in [0.1, 0.15) is 69.1 Å². The van der Waals surface area contributed by atoms with Crippen LogP contribution in [0.5, 0.6) is 11.5 Å². The summed E-state index contributed by atoms with van der Waals surface area (Å²) in [6.07, 6.45) is -0.829. The first kappa shape index (κ1) is 25.8. The Labute approximate surface area is 203 Å². The van der Waals surface area contributed by atoms with Crippen LogP contribution >= 0.6 is 0 Å². The molecule has 1 heterocycles. The lowest BCUT2D eigenvalue weighted by Crippen LogP contribution is -2.23. The van der Waals surface area contributed by atoms with Crippen molar-refractivity contribution in [3.63, 3.8) is 0 Å². The third-order valence-electron chi connectivity index (χ3n) is 6.40. The Kier molecular flexibility index (Phi) is 8.78. The molecule has 184 valence electrons. The number of benzene rings is 2. The van der Waals surface area contributed by atoms with E-state index in [9.17, 15) is 15.3 Å². The Bertz CT molecular complexity index is 1070. The lowest BCUT2D eigenvalue weighted by Gasteiger charge is -2.20. The first-order valence-electron chi connectivity index (χ1n) is 12.3. The highest BCUT2D eigenvalue weighted by atomic mass is 16.3. The van der Waals surface area contributed by atoms with Crippen molar-refractivity contribution in [2.24, 2.45) is 0 Å².